The van der Waals surface area contributed by atoms with E-state index in [9.17, 15) is 0 Å². The fourth-order valence-corrected chi connectivity index (χ4v) is 2.56. The zero-order chi connectivity index (χ0) is 14.8. The Kier molecular flexibility index (Phi) is 4.83. The van der Waals surface area contributed by atoms with E-state index in [2.05, 4.69) is 60.0 Å². The van der Waals surface area contributed by atoms with Crippen molar-refractivity contribution in [2.75, 3.05) is 33.7 Å². The molecule has 0 saturated carbocycles. The van der Waals surface area contributed by atoms with Gasteiger partial charge in [0.2, 0.25) is 0 Å². The zero-order valence-corrected chi connectivity index (χ0v) is 13.5. The van der Waals surface area contributed by atoms with E-state index in [1.54, 1.807) is 0 Å². The van der Waals surface area contributed by atoms with E-state index in [1.807, 2.05) is 6.20 Å². The molecule has 2 heterocycles. The largest absolute Gasteiger partial charge is 0.343 e. The van der Waals surface area contributed by atoms with E-state index in [4.69, 9.17) is 0 Å². The second-order valence-corrected chi connectivity index (χ2v) is 7.01. The van der Waals surface area contributed by atoms with Crippen LogP contribution in [0.1, 0.15) is 44.8 Å². The number of nitrogens with zero attached hydrogens (tertiary/aromatic N) is 3. The first-order valence-corrected chi connectivity index (χ1v) is 7.53. The van der Waals surface area contributed by atoms with Crippen molar-refractivity contribution in [2.45, 2.75) is 45.3 Å². The van der Waals surface area contributed by atoms with Gasteiger partial charge in [-0.15, -0.1) is 0 Å². The minimum atomic E-state index is 0.130. The highest BCUT2D eigenvalue weighted by atomic mass is 15.2. The third kappa shape index (κ3) is 4.30. The summed E-state index contributed by atoms with van der Waals surface area (Å²) in [4.78, 5) is 12.9. The quantitative estimate of drug-likeness (QED) is 0.882. The highest BCUT2D eigenvalue weighted by Gasteiger charge is 2.24. The zero-order valence-electron chi connectivity index (χ0n) is 13.5. The minimum Gasteiger partial charge on any atom is -0.343 e. The molecule has 5 nitrogen and oxygen atoms in total. The lowest BCUT2D eigenvalue weighted by Gasteiger charge is -2.25. The first kappa shape index (κ1) is 15.5. The number of likely N-dealkylation sites (N-methyl/N-ethyl adjacent to an activating group) is 2. The molecule has 0 spiro atoms. The maximum absolute atomic E-state index is 4.60. The highest BCUT2D eigenvalue weighted by Crippen LogP contribution is 2.20. The summed E-state index contributed by atoms with van der Waals surface area (Å²) < 4.78 is 0. The van der Waals surface area contributed by atoms with Crippen molar-refractivity contribution < 1.29 is 0 Å². The fourth-order valence-electron chi connectivity index (χ4n) is 2.56. The molecule has 0 radical (unpaired) electrons. The van der Waals surface area contributed by atoms with Gasteiger partial charge in [-0.3, -0.25) is 4.90 Å². The summed E-state index contributed by atoms with van der Waals surface area (Å²) in [5.41, 5.74) is 1.29. The van der Waals surface area contributed by atoms with Gasteiger partial charge in [0.15, 0.2) is 0 Å². The Hall–Kier alpha value is -0.910. The van der Waals surface area contributed by atoms with Crippen molar-refractivity contribution in [3.63, 3.8) is 0 Å². The molecular weight excluding hydrogens is 250 g/mol. The summed E-state index contributed by atoms with van der Waals surface area (Å²) in [6.07, 6.45) is 3.19. The lowest BCUT2D eigenvalue weighted by molar-refractivity contribution is 0.220. The van der Waals surface area contributed by atoms with Crippen LogP contribution >= 0.6 is 0 Å². The molecule has 5 heteroatoms. The van der Waals surface area contributed by atoms with Gasteiger partial charge in [-0.05, 0) is 54.4 Å². The Balaban J connectivity index is 2.03. The van der Waals surface area contributed by atoms with Gasteiger partial charge in [-0.2, -0.15) is 0 Å². The number of hydrogen-bond acceptors (Lipinski definition) is 4. The molecule has 1 aromatic rings. The van der Waals surface area contributed by atoms with Crippen molar-refractivity contribution in [2.24, 2.45) is 0 Å². The van der Waals surface area contributed by atoms with E-state index < -0.39 is 0 Å². The Bertz CT molecular complexity index is 420. The summed E-state index contributed by atoms with van der Waals surface area (Å²) in [6, 6.07) is 0.367. The van der Waals surface area contributed by atoms with Crippen LogP contribution in [0.4, 0.5) is 0 Å². The van der Waals surface area contributed by atoms with Crippen LogP contribution < -0.4 is 5.32 Å². The van der Waals surface area contributed by atoms with Crippen LogP contribution in [-0.2, 0) is 6.54 Å². The van der Waals surface area contributed by atoms with Crippen molar-refractivity contribution in [1.82, 2.24) is 25.1 Å². The van der Waals surface area contributed by atoms with E-state index in [0.29, 0.717) is 6.04 Å². The predicted molar refractivity (Wildman–Crippen MR) is 82.7 cm³/mol. The molecule has 2 rings (SSSR count). The van der Waals surface area contributed by atoms with Gasteiger partial charge in [0.1, 0.15) is 5.82 Å². The number of imidazole rings is 1. The Morgan fingerprint density at radius 2 is 2.10 bits per heavy atom. The minimum absolute atomic E-state index is 0.130. The summed E-state index contributed by atoms with van der Waals surface area (Å²) in [6.45, 7) is 10.7. The average molecular weight is 279 g/mol. The predicted octanol–water partition coefficient (Wildman–Crippen LogP) is 1.61. The van der Waals surface area contributed by atoms with Gasteiger partial charge in [0.05, 0.1) is 6.04 Å². The molecule has 1 unspecified atom stereocenters. The summed E-state index contributed by atoms with van der Waals surface area (Å²) >= 11 is 0. The normalized spacial score (nSPS) is 22.9. The Morgan fingerprint density at radius 1 is 1.35 bits per heavy atom. The molecule has 1 aliphatic heterocycles. The SMILES string of the molecule is CN1CCCN(C)C(c2ncc(CNC(C)(C)C)[nH]2)C1. The summed E-state index contributed by atoms with van der Waals surface area (Å²) in [5, 5.41) is 3.49. The van der Waals surface area contributed by atoms with Crippen LogP contribution in [-0.4, -0.2) is 59.0 Å². The van der Waals surface area contributed by atoms with Crippen LogP contribution in [0.15, 0.2) is 6.20 Å². The van der Waals surface area contributed by atoms with E-state index in [0.717, 1.165) is 31.2 Å². The van der Waals surface area contributed by atoms with Crippen LogP contribution in [0.5, 0.6) is 0 Å². The number of aromatic amines is 1. The second-order valence-electron chi connectivity index (χ2n) is 7.01. The standard InChI is InChI=1S/C15H29N5/c1-15(2,3)17-10-12-9-16-14(18-12)13-11-19(4)7-6-8-20(13)5/h9,13,17H,6-8,10-11H2,1-5H3,(H,16,18). The second kappa shape index (κ2) is 6.24. The summed E-state index contributed by atoms with van der Waals surface area (Å²) in [5.74, 6) is 1.09. The van der Waals surface area contributed by atoms with E-state index in [-0.39, 0.29) is 5.54 Å². The van der Waals surface area contributed by atoms with Gasteiger partial charge < -0.3 is 15.2 Å². The van der Waals surface area contributed by atoms with Gasteiger partial charge in [0, 0.05) is 30.5 Å². The molecule has 20 heavy (non-hydrogen) atoms. The molecule has 1 aliphatic rings. The lowest BCUT2D eigenvalue weighted by Crippen LogP contribution is -2.35. The average Bonchev–Trinajstić information content (AvgIpc) is 2.74. The molecule has 1 aromatic heterocycles. The molecule has 114 valence electrons. The molecule has 2 N–H and O–H groups in total. The molecule has 0 aromatic carbocycles. The maximum atomic E-state index is 4.60. The molecule has 0 bridgehead atoms. The first-order chi connectivity index (χ1) is 9.35. The number of hydrogen-bond donors (Lipinski definition) is 2. The number of H-pyrrole nitrogens is 1. The lowest BCUT2D eigenvalue weighted by atomic mass is 10.1. The van der Waals surface area contributed by atoms with Crippen molar-refractivity contribution >= 4 is 0 Å². The first-order valence-electron chi connectivity index (χ1n) is 7.53. The van der Waals surface area contributed by atoms with E-state index >= 15 is 0 Å². The molecular formula is C15H29N5. The number of rotatable bonds is 3. The maximum Gasteiger partial charge on any atom is 0.125 e. The van der Waals surface area contributed by atoms with Crippen molar-refractivity contribution in [3.05, 3.63) is 17.7 Å². The van der Waals surface area contributed by atoms with Crippen molar-refractivity contribution in [1.29, 1.82) is 0 Å². The molecule has 1 atom stereocenters. The number of nitrogens with one attached hydrogen (secondary N) is 2. The van der Waals surface area contributed by atoms with E-state index in [1.165, 1.54) is 13.0 Å². The van der Waals surface area contributed by atoms with Crippen LogP contribution in [0.2, 0.25) is 0 Å². The molecule has 0 aliphatic carbocycles. The highest BCUT2D eigenvalue weighted by molar-refractivity contribution is 5.06. The van der Waals surface area contributed by atoms with Gasteiger partial charge >= 0.3 is 0 Å². The number of aromatic nitrogens is 2. The van der Waals surface area contributed by atoms with Crippen molar-refractivity contribution in [3.8, 4) is 0 Å². The van der Waals surface area contributed by atoms with Crippen LogP contribution in [0, 0.1) is 0 Å². The van der Waals surface area contributed by atoms with Crippen LogP contribution in [0.3, 0.4) is 0 Å². The summed E-state index contributed by atoms with van der Waals surface area (Å²) in [7, 11) is 4.39. The molecule has 1 fully saturated rings. The Labute approximate surface area is 122 Å². The third-order valence-electron chi connectivity index (χ3n) is 3.84. The topological polar surface area (TPSA) is 47.2 Å². The Morgan fingerprint density at radius 3 is 2.80 bits per heavy atom. The van der Waals surface area contributed by atoms with Crippen LogP contribution in [0.25, 0.3) is 0 Å². The fraction of sp³-hybridized carbons (Fsp3) is 0.800. The molecule has 1 saturated heterocycles. The molecule has 0 amide bonds. The monoisotopic (exact) mass is 279 g/mol. The van der Waals surface area contributed by atoms with Gasteiger partial charge in [-0.25, -0.2) is 4.98 Å². The van der Waals surface area contributed by atoms with Gasteiger partial charge in [-0.1, -0.05) is 0 Å². The third-order valence-corrected chi connectivity index (χ3v) is 3.84. The smallest absolute Gasteiger partial charge is 0.125 e. The van der Waals surface area contributed by atoms with Gasteiger partial charge in [0.25, 0.3) is 0 Å².